The van der Waals surface area contributed by atoms with E-state index in [2.05, 4.69) is 4.72 Å². The Morgan fingerprint density at radius 3 is 2.65 bits per heavy atom. The molecule has 0 amide bonds. The molecular weight excluding hydrogens is 356 g/mol. The van der Waals surface area contributed by atoms with Crippen molar-refractivity contribution in [2.45, 2.75) is 4.90 Å². The second-order valence-electron chi connectivity index (χ2n) is 4.52. The molecule has 0 fully saturated rings. The number of sulfonamides is 1. The first kappa shape index (κ1) is 17.7. The summed E-state index contributed by atoms with van der Waals surface area (Å²) in [5.41, 5.74) is 0. The fourth-order valence-corrected chi connectivity index (χ4v) is 3.46. The molecule has 1 N–H and O–H groups in total. The maximum Gasteiger partial charge on any atom is 0.240 e. The second-order valence-corrected chi connectivity index (χ2v) is 7.70. The Morgan fingerprint density at radius 1 is 1.26 bits per heavy atom. The van der Waals surface area contributed by atoms with Crippen molar-refractivity contribution in [3.05, 3.63) is 63.0 Å². The van der Waals surface area contributed by atoms with Crippen molar-refractivity contribution in [3.8, 4) is 0 Å². The van der Waals surface area contributed by atoms with Gasteiger partial charge in [-0.15, -0.1) is 11.3 Å². The standard InChI is InChI=1S/C15H15ClN2O3S2/c16-13-5-7-15(8-6-13)23(20,21)17-9-11-18(19)10-1-3-14-4-2-12-22-14/h1-8,10,12,17H,9,11H2/b3-1+,18-10-. The average Bonchev–Trinajstić information content (AvgIpc) is 3.01. The first-order valence-electron chi connectivity index (χ1n) is 6.71. The Balaban J connectivity index is 1.84. The lowest BCUT2D eigenvalue weighted by molar-refractivity contribution is -0.449. The average molecular weight is 371 g/mol. The maximum atomic E-state index is 12.0. The van der Waals surface area contributed by atoms with E-state index >= 15 is 0 Å². The summed E-state index contributed by atoms with van der Waals surface area (Å²) in [6, 6.07) is 9.68. The summed E-state index contributed by atoms with van der Waals surface area (Å²) in [6.07, 6.45) is 4.80. The topological polar surface area (TPSA) is 72.2 Å². The van der Waals surface area contributed by atoms with E-state index in [0.29, 0.717) is 9.76 Å². The van der Waals surface area contributed by atoms with Crippen LogP contribution in [0.1, 0.15) is 4.88 Å². The number of hydroxylamine groups is 1. The Bertz CT molecular complexity index is 783. The first-order valence-corrected chi connectivity index (χ1v) is 9.45. The molecule has 0 aliphatic carbocycles. The predicted molar refractivity (Wildman–Crippen MR) is 94.6 cm³/mol. The number of benzene rings is 1. The molecule has 1 aromatic carbocycles. The van der Waals surface area contributed by atoms with Crippen LogP contribution >= 0.6 is 22.9 Å². The van der Waals surface area contributed by atoms with Gasteiger partial charge >= 0.3 is 0 Å². The van der Waals surface area contributed by atoms with Gasteiger partial charge in [0.15, 0.2) is 12.8 Å². The Labute approximate surface area is 144 Å². The SMILES string of the molecule is O=S(=O)(NCC/[N+]([O-])=C/C=C/c1cccs1)c1ccc(Cl)cc1. The van der Waals surface area contributed by atoms with Gasteiger partial charge in [0.2, 0.25) is 10.0 Å². The number of hydrogen-bond acceptors (Lipinski definition) is 4. The minimum absolute atomic E-state index is 0.0117. The van der Waals surface area contributed by atoms with E-state index in [4.69, 9.17) is 11.6 Å². The van der Waals surface area contributed by atoms with Gasteiger partial charge in [-0.1, -0.05) is 17.7 Å². The second kappa shape index (κ2) is 8.26. The number of allylic oxidation sites excluding steroid dienone is 1. The van der Waals surface area contributed by atoms with Gasteiger partial charge in [0.25, 0.3) is 0 Å². The van der Waals surface area contributed by atoms with E-state index in [1.807, 2.05) is 23.6 Å². The highest BCUT2D eigenvalue weighted by Crippen LogP contribution is 2.13. The van der Waals surface area contributed by atoms with E-state index in [-0.39, 0.29) is 18.0 Å². The van der Waals surface area contributed by atoms with Crippen LogP contribution in [0.25, 0.3) is 6.08 Å². The van der Waals surface area contributed by atoms with Crippen molar-refractivity contribution in [2.75, 3.05) is 13.1 Å². The molecule has 23 heavy (non-hydrogen) atoms. The zero-order valence-corrected chi connectivity index (χ0v) is 14.4. The monoisotopic (exact) mass is 370 g/mol. The van der Waals surface area contributed by atoms with Crippen LogP contribution < -0.4 is 4.72 Å². The highest BCUT2D eigenvalue weighted by atomic mass is 35.5. The molecule has 122 valence electrons. The fourth-order valence-electron chi connectivity index (χ4n) is 1.68. The molecule has 0 saturated heterocycles. The predicted octanol–water partition coefficient (Wildman–Crippen LogP) is 2.97. The molecule has 0 radical (unpaired) electrons. The molecule has 0 unspecified atom stereocenters. The summed E-state index contributed by atoms with van der Waals surface area (Å²) in [5.74, 6) is 0. The van der Waals surface area contributed by atoms with E-state index in [1.165, 1.54) is 30.5 Å². The zero-order valence-electron chi connectivity index (χ0n) is 12.1. The molecule has 0 spiro atoms. The number of rotatable bonds is 7. The van der Waals surface area contributed by atoms with Crippen molar-refractivity contribution in [1.82, 2.24) is 4.72 Å². The van der Waals surface area contributed by atoms with Crippen LogP contribution in [-0.4, -0.2) is 32.5 Å². The molecule has 0 aliphatic heterocycles. The van der Waals surface area contributed by atoms with Crippen molar-refractivity contribution in [1.29, 1.82) is 0 Å². The van der Waals surface area contributed by atoms with Crippen molar-refractivity contribution in [3.63, 3.8) is 0 Å². The maximum absolute atomic E-state index is 12.0. The van der Waals surface area contributed by atoms with Gasteiger partial charge in [0, 0.05) is 16.0 Å². The van der Waals surface area contributed by atoms with Gasteiger partial charge in [0.05, 0.1) is 11.4 Å². The molecule has 0 bridgehead atoms. The van der Waals surface area contributed by atoms with Crippen LogP contribution in [0.15, 0.2) is 52.7 Å². The molecule has 1 aromatic heterocycles. The number of halogens is 1. The van der Waals surface area contributed by atoms with Gasteiger partial charge in [-0.2, -0.15) is 0 Å². The summed E-state index contributed by atoms with van der Waals surface area (Å²) in [4.78, 5) is 1.15. The third-order valence-corrected chi connectivity index (χ3v) is 5.37. The van der Waals surface area contributed by atoms with Crippen LogP contribution in [0.2, 0.25) is 5.02 Å². The van der Waals surface area contributed by atoms with Gasteiger partial charge in [-0.25, -0.2) is 17.9 Å². The number of thiophene rings is 1. The van der Waals surface area contributed by atoms with Crippen LogP contribution in [0, 0.1) is 5.21 Å². The third-order valence-electron chi connectivity index (χ3n) is 2.80. The highest BCUT2D eigenvalue weighted by Gasteiger charge is 2.13. The summed E-state index contributed by atoms with van der Waals surface area (Å²) in [5, 5.41) is 14.0. The molecule has 1 heterocycles. The minimum atomic E-state index is -3.63. The Kier molecular flexibility index (Phi) is 6.35. The van der Waals surface area contributed by atoms with E-state index in [9.17, 15) is 13.6 Å². The summed E-state index contributed by atoms with van der Waals surface area (Å²) in [7, 11) is -3.63. The van der Waals surface area contributed by atoms with E-state index < -0.39 is 10.0 Å². The molecule has 2 aromatic rings. The van der Waals surface area contributed by atoms with Crippen molar-refractivity contribution < 1.29 is 13.2 Å². The van der Waals surface area contributed by atoms with E-state index in [0.717, 1.165) is 4.88 Å². The summed E-state index contributed by atoms with van der Waals surface area (Å²) >= 11 is 7.29. The van der Waals surface area contributed by atoms with Crippen LogP contribution in [0.5, 0.6) is 0 Å². The van der Waals surface area contributed by atoms with E-state index in [1.54, 1.807) is 17.4 Å². The van der Waals surface area contributed by atoms with Crippen LogP contribution in [0.4, 0.5) is 0 Å². The lowest BCUT2D eigenvalue weighted by Gasteiger charge is -2.07. The van der Waals surface area contributed by atoms with Crippen LogP contribution in [-0.2, 0) is 10.0 Å². The van der Waals surface area contributed by atoms with Gasteiger partial charge < -0.3 is 5.21 Å². The third kappa shape index (κ3) is 5.80. The fraction of sp³-hybridized carbons (Fsp3) is 0.133. The smallest absolute Gasteiger partial charge is 0.240 e. The normalized spacial score (nSPS) is 12.8. The molecule has 5 nitrogen and oxygen atoms in total. The van der Waals surface area contributed by atoms with Crippen molar-refractivity contribution in [2.24, 2.45) is 0 Å². The molecule has 0 atom stereocenters. The minimum Gasteiger partial charge on any atom is -0.624 e. The molecule has 0 aliphatic rings. The lowest BCUT2D eigenvalue weighted by atomic mass is 10.4. The molecule has 0 saturated carbocycles. The molecule has 2 rings (SSSR count). The highest BCUT2D eigenvalue weighted by molar-refractivity contribution is 7.89. The van der Waals surface area contributed by atoms with Crippen molar-refractivity contribution >= 4 is 45.3 Å². The Morgan fingerprint density at radius 2 is 2.00 bits per heavy atom. The largest absolute Gasteiger partial charge is 0.624 e. The van der Waals surface area contributed by atoms with Gasteiger partial charge in [0.1, 0.15) is 0 Å². The number of nitrogens with one attached hydrogen (secondary N) is 1. The molecular formula is C15H15ClN2O3S2. The van der Waals surface area contributed by atoms with Crippen LogP contribution in [0.3, 0.4) is 0 Å². The van der Waals surface area contributed by atoms with Gasteiger partial charge in [-0.3, -0.25) is 0 Å². The summed E-state index contributed by atoms with van der Waals surface area (Å²) in [6.45, 7) is 0.0272. The Hall–Kier alpha value is -1.67. The molecule has 8 heteroatoms. The quantitative estimate of drug-likeness (QED) is 0.352. The zero-order chi connectivity index (χ0) is 16.7. The number of hydrogen-bond donors (Lipinski definition) is 1. The van der Waals surface area contributed by atoms with Gasteiger partial charge in [-0.05, 0) is 41.8 Å². The summed E-state index contributed by atoms with van der Waals surface area (Å²) < 4.78 is 27.0. The number of nitrogens with zero attached hydrogens (tertiary/aromatic N) is 1. The lowest BCUT2D eigenvalue weighted by Crippen LogP contribution is -2.29. The first-order chi connectivity index (χ1) is 11.0.